The summed E-state index contributed by atoms with van der Waals surface area (Å²) in [7, 11) is 1.37. The number of nitrogens with zero attached hydrogens (tertiary/aromatic N) is 2. The lowest BCUT2D eigenvalue weighted by Gasteiger charge is -2.08. The van der Waals surface area contributed by atoms with Gasteiger partial charge < -0.3 is 15.0 Å². The van der Waals surface area contributed by atoms with Crippen molar-refractivity contribution < 1.29 is 9.66 Å². The van der Waals surface area contributed by atoms with Gasteiger partial charge in [0.1, 0.15) is 0 Å². The molecule has 1 heterocycles. The van der Waals surface area contributed by atoms with Gasteiger partial charge in [-0.3, -0.25) is 14.9 Å². The van der Waals surface area contributed by atoms with Gasteiger partial charge >= 0.3 is 0 Å². The minimum Gasteiger partial charge on any atom is -0.489 e. The topological polar surface area (TPSA) is 110 Å². The Bertz CT molecular complexity index is 683. The van der Waals surface area contributed by atoms with Gasteiger partial charge in [0.25, 0.3) is 11.2 Å². The molecule has 8 heteroatoms. The second-order valence-electron chi connectivity index (χ2n) is 3.89. The molecule has 0 bridgehead atoms. The van der Waals surface area contributed by atoms with Crippen LogP contribution in [0.1, 0.15) is 5.56 Å². The number of non-ortho nitro benzene ring substituents is 1. The highest BCUT2D eigenvalue weighted by molar-refractivity contribution is 5.48. The molecule has 2 N–H and O–H groups in total. The lowest BCUT2D eigenvalue weighted by molar-refractivity contribution is -0.384. The van der Waals surface area contributed by atoms with E-state index in [4.69, 9.17) is 4.74 Å². The van der Waals surface area contributed by atoms with Crippen LogP contribution in [0.4, 0.5) is 11.5 Å². The molecule has 1 aromatic carbocycles. The third-order valence-electron chi connectivity index (χ3n) is 2.60. The predicted molar refractivity (Wildman–Crippen MR) is 71.8 cm³/mol. The van der Waals surface area contributed by atoms with Gasteiger partial charge in [0, 0.05) is 18.7 Å². The zero-order chi connectivity index (χ0) is 14.5. The molecule has 0 atom stereocenters. The maximum Gasteiger partial charge on any atom is 0.295 e. The minimum absolute atomic E-state index is 0.00938. The molecule has 0 unspecified atom stereocenters. The number of nitrogens with one attached hydrogen (secondary N) is 2. The second kappa shape index (κ2) is 5.83. The molecule has 104 valence electrons. The summed E-state index contributed by atoms with van der Waals surface area (Å²) in [6, 6.07) is 6.19. The molecule has 0 fully saturated rings. The quantitative estimate of drug-likeness (QED) is 0.629. The summed E-state index contributed by atoms with van der Waals surface area (Å²) in [6.07, 6.45) is 1.25. The van der Waals surface area contributed by atoms with Crippen molar-refractivity contribution in [3.05, 3.63) is 56.6 Å². The number of H-pyrrole nitrogens is 1. The van der Waals surface area contributed by atoms with Crippen molar-refractivity contribution in [2.45, 2.75) is 6.54 Å². The SMILES string of the molecule is COc1c(NCc2cccc([N+](=O)[O-])c2)nc[nH]c1=O. The van der Waals surface area contributed by atoms with Gasteiger partial charge in [-0.1, -0.05) is 12.1 Å². The highest BCUT2D eigenvalue weighted by Gasteiger charge is 2.09. The van der Waals surface area contributed by atoms with Crippen molar-refractivity contribution in [1.29, 1.82) is 0 Å². The van der Waals surface area contributed by atoms with Crippen LogP contribution in [0.15, 0.2) is 35.4 Å². The summed E-state index contributed by atoms with van der Waals surface area (Å²) in [5.41, 5.74) is 0.308. The molecule has 0 aliphatic rings. The number of nitro groups is 1. The molecular weight excluding hydrogens is 264 g/mol. The van der Waals surface area contributed by atoms with Crippen LogP contribution >= 0.6 is 0 Å². The first-order valence-electron chi connectivity index (χ1n) is 5.70. The van der Waals surface area contributed by atoms with Gasteiger partial charge in [0.05, 0.1) is 18.4 Å². The standard InChI is InChI=1S/C12H12N4O4/c1-20-10-11(14-7-15-12(10)17)13-6-8-3-2-4-9(5-8)16(18)19/h2-5,7H,6H2,1H3,(H2,13,14,15,17). The molecule has 8 nitrogen and oxygen atoms in total. The average Bonchev–Trinajstić information content (AvgIpc) is 2.45. The van der Waals surface area contributed by atoms with Gasteiger partial charge in [0.2, 0.25) is 5.75 Å². The van der Waals surface area contributed by atoms with E-state index in [-0.39, 0.29) is 23.8 Å². The molecule has 0 amide bonds. The number of hydrogen-bond acceptors (Lipinski definition) is 6. The van der Waals surface area contributed by atoms with E-state index in [1.165, 1.54) is 25.6 Å². The molecular formula is C12H12N4O4. The molecule has 20 heavy (non-hydrogen) atoms. The number of ether oxygens (including phenoxy) is 1. The summed E-state index contributed by atoms with van der Waals surface area (Å²) < 4.78 is 4.95. The molecule has 2 aromatic rings. The number of benzene rings is 1. The van der Waals surface area contributed by atoms with Crippen LogP contribution < -0.4 is 15.6 Å². The number of anilines is 1. The van der Waals surface area contributed by atoms with Crippen molar-refractivity contribution >= 4 is 11.5 Å². The fraction of sp³-hybridized carbons (Fsp3) is 0.167. The fourth-order valence-electron chi connectivity index (χ4n) is 1.67. The molecule has 0 radical (unpaired) electrons. The molecule has 2 rings (SSSR count). The van der Waals surface area contributed by atoms with Gasteiger partial charge in [-0.15, -0.1) is 0 Å². The van der Waals surface area contributed by atoms with Crippen molar-refractivity contribution in [1.82, 2.24) is 9.97 Å². The van der Waals surface area contributed by atoms with E-state index < -0.39 is 10.5 Å². The van der Waals surface area contributed by atoms with Crippen LogP contribution in [-0.2, 0) is 6.54 Å². The lowest BCUT2D eigenvalue weighted by atomic mass is 10.2. The van der Waals surface area contributed by atoms with Gasteiger partial charge in [-0.05, 0) is 5.56 Å². The molecule has 0 aliphatic carbocycles. The van der Waals surface area contributed by atoms with Crippen LogP contribution in [0.2, 0.25) is 0 Å². The number of nitro benzene ring substituents is 1. The summed E-state index contributed by atoms with van der Waals surface area (Å²) in [6.45, 7) is 0.286. The first-order valence-corrected chi connectivity index (χ1v) is 5.70. The van der Waals surface area contributed by atoms with Crippen LogP contribution in [-0.4, -0.2) is 22.0 Å². The zero-order valence-corrected chi connectivity index (χ0v) is 10.6. The van der Waals surface area contributed by atoms with Crippen molar-refractivity contribution in [2.24, 2.45) is 0 Å². The third-order valence-corrected chi connectivity index (χ3v) is 2.60. The normalized spacial score (nSPS) is 10.1. The van der Waals surface area contributed by atoms with Crippen LogP contribution in [0, 0.1) is 10.1 Å². The molecule has 0 saturated heterocycles. The largest absolute Gasteiger partial charge is 0.489 e. The Morgan fingerprint density at radius 2 is 2.30 bits per heavy atom. The Balaban J connectivity index is 2.17. The summed E-state index contributed by atoms with van der Waals surface area (Å²) >= 11 is 0. The number of aromatic amines is 1. The highest BCUT2D eigenvalue weighted by Crippen LogP contribution is 2.17. The van der Waals surface area contributed by atoms with E-state index >= 15 is 0 Å². The predicted octanol–water partition coefficient (Wildman–Crippen LogP) is 1.30. The Hall–Kier alpha value is -2.90. The van der Waals surface area contributed by atoms with E-state index in [0.717, 1.165) is 0 Å². The molecule has 0 saturated carbocycles. The minimum atomic E-state index is -0.463. The van der Waals surface area contributed by atoms with E-state index in [1.54, 1.807) is 12.1 Å². The van der Waals surface area contributed by atoms with Crippen LogP contribution in [0.25, 0.3) is 0 Å². The monoisotopic (exact) mass is 276 g/mol. The van der Waals surface area contributed by atoms with E-state index in [0.29, 0.717) is 5.56 Å². The van der Waals surface area contributed by atoms with Crippen molar-refractivity contribution in [2.75, 3.05) is 12.4 Å². The first-order chi connectivity index (χ1) is 9.61. The Morgan fingerprint density at radius 1 is 1.50 bits per heavy atom. The first kappa shape index (κ1) is 13.5. The molecule has 1 aromatic heterocycles. The lowest BCUT2D eigenvalue weighted by Crippen LogP contribution is -2.14. The number of hydrogen-bond donors (Lipinski definition) is 2. The molecule has 0 spiro atoms. The zero-order valence-electron chi connectivity index (χ0n) is 10.6. The van der Waals surface area contributed by atoms with E-state index in [2.05, 4.69) is 15.3 Å². The number of rotatable bonds is 5. The Kier molecular flexibility index (Phi) is 3.94. The van der Waals surface area contributed by atoms with Gasteiger partial charge in [0.15, 0.2) is 5.82 Å². The maximum atomic E-state index is 11.5. The van der Waals surface area contributed by atoms with Crippen LogP contribution in [0.3, 0.4) is 0 Å². The van der Waals surface area contributed by atoms with Crippen molar-refractivity contribution in [3.8, 4) is 5.75 Å². The summed E-state index contributed by atoms with van der Waals surface area (Å²) in [5.74, 6) is 0.348. The second-order valence-corrected chi connectivity index (χ2v) is 3.89. The van der Waals surface area contributed by atoms with Crippen molar-refractivity contribution in [3.63, 3.8) is 0 Å². The fourth-order valence-corrected chi connectivity index (χ4v) is 1.67. The smallest absolute Gasteiger partial charge is 0.295 e. The van der Waals surface area contributed by atoms with E-state index in [1.807, 2.05) is 0 Å². The average molecular weight is 276 g/mol. The third kappa shape index (κ3) is 2.91. The van der Waals surface area contributed by atoms with Gasteiger partial charge in [-0.2, -0.15) is 0 Å². The summed E-state index contributed by atoms with van der Waals surface area (Å²) in [4.78, 5) is 28.0. The number of aromatic nitrogens is 2. The van der Waals surface area contributed by atoms with Gasteiger partial charge in [-0.25, -0.2) is 4.98 Å². The van der Waals surface area contributed by atoms with E-state index in [9.17, 15) is 14.9 Å². The summed E-state index contributed by atoms with van der Waals surface area (Å²) in [5, 5.41) is 13.6. The Labute approximate surface area is 113 Å². The van der Waals surface area contributed by atoms with Crippen LogP contribution in [0.5, 0.6) is 5.75 Å². The highest BCUT2D eigenvalue weighted by atomic mass is 16.6. The molecule has 0 aliphatic heterocycles. The number of methoxy groups -OCH3 is 1. The maximum absolute atomic E-state index is 11.5. The Morgan fingerprint density at radius 3 is 3.00 bits per heavy atom.